The predicted octanol–water partition coefficient (Wildman–Crippen LogP) is 6.40. The maximum Gasteiger partial charge on any atom is 0.246 e. The van der Waals surface area contributed by atoms with E-state index in [-0.39, 0.29) is 17.5 Å². The van der Waals surface area contributed by atoms with Gasteiger partial charge in [0.25, 0.3) is 0 Å². The quantitative estimate of drug-likeness (QED) is 0.0949. The first-order chi connectivity index (χ1) is 20.9. The fourth-order valence-electron chi connectivity index (χ4n) is 4.37. The van der Waals surface area contributed by atoms with E-state index in [0.717, 1.165) is 55.8 Å². The fourth-order valence-corrected chi connectivity index (χ4v) is 6.80. The van der Waals surface area contributed by atoms with Crippen molar-refractivity contribution in [1.29, 1.82) is 0 Å². The van der Waals surface area contributed by atoms with Gasteiger partial charge in [0, 0.05) is 42.5 Å². The van der Waals surface area contributed by atoms with Crippen molar-refractivity contribution in [2.24, 2.45) is 0 Å². The molecule has 0 aliphatic carbocycles. The number of aromatic nitrogens is 4. The number of morpholine rings is 1. The van der Waals surface area contributed by atoms with Crippen LogP contribution in [-0.2, 0) is 16.1 Å². The lowest BCUT2D eigenvalue weighted by Gasteiger charge is -2.26. The Morgan fingerprint density at radius 2 is 2.09 bits per heavy atom. The molecule has 0 atom stereocenters. The van der Waals surface area contributed by atoms with Crippen LogP contribution in [-0.4, -0.2) is 75.8 Å². The Hall–Kier alpha value is -2.88. The molecule has 15 heteroatoms. The highest BCUT2D eigenvalue weighted by molar-refractivity contribution is 8.01. The maximum atomic E-state index is 13.7. The molecule has 1 aliphatic rings. The standard InChI is InChI=1S/C28H31ClFN7O3S3/c1-2-12-42-27-35-37(28(41)43-27)16-25(38)34-23-14-19-22(15-24(23)40-9-3-6-36-7-10-39-11-8-36)31-17-32-26(19)33-18-4-5-21(30)20(29)13-18/h4-5,13-15,17H,2-3,6-12,16H2,1H3,(H,34,38)(H,31,32,33). The largest absolute Gasteiger partial charge is 0.491 e. The second-order valence-electron chi connectivity index (χ2n) is 9.69. The molecule has 0 bridgehead atoms. The molecule has 1 fully saturated rings. The molecule has 1 saturated heterocycles. The molecule has 5 rings (SSSR count). The van der Waals surface area contributed by atoms with Gasteiger partial charge in [0.1, 0.15) is 30.3 Å². The SMILES string of the molecule is CCCSc1nn(CC(=O)Nc2cc3c(Nc4ccc(F)c(Cl)c4)ncnc3cc2OCCCN2CCOCC2)c(=S)s1. The average molecular weight is 664 g/mol. The van der Waals surface area contributed by atoms with Crippen LogP contribution in [0.25, 0.3) is 10.9 Å². The highest BCUT2D eigenvalue weighted by Crippen LogP contribution is 2.34. The fraction of sp³-hybridized carbons (Fsp3) is 0.393. The van der Waals surface area contributed by atoms with Crippen LogP contribution < -0.4 is 15.4 Å². The summed E-state index contributed by atoms with van der Waals surface area (Å²) in [7, 11) is 0. The molecule has 2 N–H and O–H groups in total. The Morgan fingerprint density at radius 3 is 2.88 bits per heavy atom. The third-order valence-corrected chi connectivity index (χ3v) is 9.42. The number of rotatable bonds is 13. The number of benzene rings is 2. The second-order valence-corrected chi connectivity index (χ2v) is 13.1. The van der Waals surface area contributed by atoms with Crippen LogP contribution in [0.3, 0.4) is 0 Å². The lowest BCUT2D eigenvalue weighted by molar-refractivity contribution is -0.116. The van der Waals surface area contributed by atoms with Gasteiger partial charge in [-0.2, -0.15) is 5.10 Å². The zero-order valence-electron chi connectivity index (χ0n) is 23.5. The van der Waals surface area contributed by atoms with Crippen molar-refractivity contribution in [1.82, 2.24) is 24.6 Å². The number of ether oxygens (including phenoxy) is 2. The van der Waals surface area contributed by atoms with E-state index in [1.807, 2.05) is 0 Å². The van der Waals surface area contributed by atoms with Crippen molar-refractivity contribution in [3.8, 4) is 5.75 Å². The van der Waals surface area contributed by atoms with E-state index in [2.05, 4.69) is 37.5 Å². The number of amides is 1. The monoisotopic (exact) mass is 663 g/mol. The summed E-state index contributed by atoms with van der Waals surface area (Å²) in [6, 6.07) is 7.86. The third kappa shape index (κ3) is 8.61. The summed E-state index contributed by atoms with van der Waals surface area (Å²) < 4.78 is 28.2. The normalized spacial score (nSPS) is 13.7. The number of fused-ring (bicyclic) bond motifs is 1. The lowest BCUT2D eigenvalue weighted by Crippen LogP contribution is -2.37. The van der Waals surface area contributed by atoms with Crippen molar-refractivity contribution in [3.63, 3.8) is 0 Å². The van der Waals surface area contributed by atoms with Crippen molar-refractivity contribution in [2.75, 3.05) is 55.8 Å². The first kappa shape index (κ1) is 31.5. The zero-order chi connectivity index (χ0) is 30.2. The van der Waals surface area contributed by atoms with Gasteiger partial charge in [-0.25, -0.2) is 19.0 Å². The van der Waals surface area contributed by atoms with E-state index in [1.54, 1.807) is 30.0 Å². The molecule has 0 radical (unpaired) electrons. The molecule has 1 amide bonds. The van der Waals surface area contributed by atoms with Crippen molar-refractivity contribution < 1.29 is 18.7 Å². The zero-order valence-corrected chi connectivity index (χ0v) is 26.7. The maximum absolute atomic E-state index is 13.7. The molecule has 1 aliphatic heterocycles. The molecule has 0 spiro atoms. The van der Waals surface area contributed by atoms with Crippen LogP contribution in [0.5, 0.6) is 5.75 Å². The average Bonchev–Trinajstić information content (AvgIpc) is 3.35. The Morgan fingerprint density at radius 1 is 1.26 bits per heavy atom. The molecule has 228 valence electrons. The third-order valence-electron chi connectivity index (χ3n) is 6.48. The Labute approximate surface area is 266 Å². The number of anilines is 3. The Kier molecular flexibility index (Phi) is 11.2. The van der Waals surface area contributed by atoms with Gasteiger partial charge in [0.2, 0.25) is 5.91 Å². The smallest absolute Gasteiger partial charge is 0.246 e. The van der Waals surface area contributed by atoms with E-state index < -0.39 is 5.82 Å². The number of hydrogen-bond donors (Lipinski definition) is 2. The molecular formula is C28H31ClFN7O3S3. The van der Waals surface area contributed by atoms with E-state index in [0.29, 0.717) is 44.4 Å². The van der Waals surface area contributed by atoms with Crippen LogP contribution in [0.1, 0.15) is 19.8 Å². The second kappa shape index (κ2) is 15.2. The predicted molar refractivity (Wildman–Crippen MR) is 172 cm³/mol. The summed E-state index contributed by atoms with van der Waals surface area (Å²) >= 11 is 14.4. The van der Waals surface area contributed by atoms with E-state index in [4.69, 9.17) is 33.3 Å². The topological polar surface area (TPSA) is 106 Å². The minimum atomic E-state index is -0.517. The molecular weight excluding hydrogens is 633 g/mol. The van der Waals surface area contributed by atoms with Gasteiger partial charge in [-0.3, -0.25) is 9.69 Å². The van der Waals surface area contributed by atoms with Crippen molar-refractivity contribution in [2.45, 2.75) is 30.6 Å². The van der Waals surface area contributed by atoms with E-state index >= 15 is 0 Å². The van der Waals surface area contributed by atoms with Gasteiger partial charge in [0.15, 0.2) is 8.29 Å². The Balaban J connectivity index is 1.38. The van der Waals surface area contributed by atoms with Crippen molar-refractivity contribution >= 4 is 80.9 Å². The van der Waals surface area contributed by atoms with Crippen LogP contribution in [0, 0.1) is 9.77 Å². The summed E-state index contributed by atoms with van der Waals surface area (Å²) in [6.45, 7) is 6.68. The van der Waals surface area contributed by atoms with E-state index in [9.17, 15) is 9.18 Å². The minimum absolute atomic E-state index is 0.0130. The molecule has 2 aromatic carbocycles. The number of thioether (sulfide) groups is 1. The number of halogens is 2. The summed E-state index contributed by atoms with van der Waals surface area (Å²) in [5, 5.41) is 11.3. The summed E-state index contributed by atoms with van der Waals surface area (Å²) in [6.07, 6.45) is 3.25. The van der Waals surface area contributed by atoms with Gasteiger partial charge < -0.3 is 20.1 Å². The molecule has 4 aromatic rings. The van der Waals surface area contributed by atoms with Gasteiger partial charge in [-0.15, -0.1) is 0 Å². The highest BCUT2D eigenvalue weighted by Gasteiger charge is 2.17. The first-order valence-electron chi connectivity index (χ1n) is 13.8. The molecule has 3 heterocycles. The minimum Gasteiger partial charge on any atom is -0.491 e. The molecule has 0 saturated carbocycles. The summed E-state index contributed by atoms with van der Waals surface area (Å²) in [4.78, 5) is 24.4. The molecule has 0 unspecified atom stereocenters. The summed E-state index contributed by atoms with van der Waals surface area (Å²) in [5.41, 5.74) is 1.61. The van der Waals surface area contributed by atoms with Crippen LogP contribution in [0.4, 0.5) is 21.6 Å². The number of nitrogens with one attached hydrogen (secondary N) is 2. The molecule has 10 nitrogen and oxygen atoms in total. The van der Waals surface area contributed by atoms with Crippen LogP contribution >= 0.6 is 46.9 Å². The number of carbonyl (C=O) groups excluding carboxylic acids is 1. The van der Waals surface area contributed by atoms with Gasteiger partial charge in [-0.1, -0.05) is 41.6 Å². The Bertz CT molecular complexity index is 1630. The van der Waals surface area contributed by atoms with E-state index in [1.165, 1.54) is 34.5 Å². The molecule has 43 heavy (non-hydrogen) atoms. The van der Waals surface area contributed by atoms with Crippen molar-refractivity contribution in [3.05, 3.63) is 51.5 Å². The highest BCUT2D eigenvalue weighted by atomic mass is 35.5. The molecule has 2 aromatic heterocycles. The lowest BCUT2D eigenvalue weighted by atomic mass is 10.1. The van der Waals surface area contributed by atoms with Gasteiger partial charge in [-0.05, 0) is 49.3 Å². The van der Waals surface area contributed by atoms with Gasteiger partial charge in [0.05, 0.1) is 36.0 Å². The van der Waals surface area contributed by atoms with Crippen LogP contribution in [0.2, 0.25) is 5.02 Å². The van der Waals surface area contributed by atoms with Gasteiger partial charge >= 0.3 is 0 Å². The van der Waals surface area contributed by atoms with Crippen LogP contribution in [0.15, 0.2) is 41.0 Å². The number of hydrogen-bond acceptors (Lipinski definition) is 11. The number of nitrogens with zero attached hydrogens (tertiary/aromatic N) is 5. The summed E-state index contributed by atoms with van der Waals surface area (Å²) in [5.74, 6) is 1.05. The number of carbonyl (C=O) groups is 1. The first-order valence-corrected chi connectivity index (χ1v) is 16.4.